The Morgan fingerprint density at radius 3 is 1.48 bits per heavy atom. The molecule has 1 saturated heterocycles. The molecule has 11 heteroatoms. The predicted octanol–water partition coefficient (Wildman–Crippen LogP) is 9.84. The van der Waals surface area contributed by atoms with E-state index < -0.39 is 38.8 Å². The van der Waals surface area contributed by atoms with Crippen LogP contribution < -0.4 is 7.71 Å². The topological polar surface area (TPSA) is 49.9 Å². The first-order valence-corrected chi connectivity index (χ1v) is 23.7. The molecule has 2 atom stereocenters. The zero-order chi connectivity index (χ0) is 33.5. The first kappa shape index (κ1) is 37.0. The van der Waals surface area contributed by atoms with Crippen LogP contribution in [0.2, 0.25) is 25.7 Å². The van der Waals surface area contributed by atoms with Gasteiger partial charge in [-0.2, -0.15) is 0 Å². The quantitative estimate of drug-likeness (QED) is 0.181. The van der Waals surface area contributed by atoms with Crippen molar-refractivity contribution in [1.29, 1.82) is 0 Å². The van der Waals surface area contributed by atoms with E-state index in [0.29, 0.717) is 6.42 Å². The van der Waals surface area contributed by atoms with Gasteiger partial charge in [-0.3, -0.25) is 0 Å². The van der Waals surface area contributed by atoms with Crippen molar-refractivity contribution in [2.24, 2.45) is 0 Å². The van der Waals surface area contributed by atoms with Gasteiger partial charge in [0.25, 0.3) is 0 Å². The molecule has 1 radical (unpaired) electrons. The van der Waals surface area contributed by atoms with Crippen molar-refractivity contribution in [3.63, 3.8) is 0 Å². The Hall–Kier alpha value is -1.50. The fourth-order valence-corrected chi connectivity index (χ4v) is 16.2. The summed E-state index contributed by atoms with van der Waals surface area (Å²) in [6, 6.07) is 12.5. The zero-order valence-electron chi connectivity index (χ0n) is 28.5. The maximum atomic E-state index is 14.2. The molecule has 0 bridgehead atoms. The third kappa shape index (κ3) is 7.89. The summed E-state index contributed by atoms with van der Waals surface area (Å²) >= 11 is -4.05. The van der Waals surface area contributed by atoms with Crippen molar-refractivity contribution < 1.29 is 24.8 Å². The van der Waals surface area contributed by atoms with Crippen molar-refractivity contribution in [1.82, 2.24) is 0 Å². The molecule has 0 N–H and O–H groups in total. The zero-order valence-corrected chi connectivity index (χ0v) is 32.4. The van der Waals surface area contributed by atoms with Crippen molar-refractivity contribution >= 4 is 44.7 Å². The molecule has 0 saturated carbocycles. The Morgan fingerprint density at radius 2 is 1.16 bits per heavy atom. The standard InChI is InChI=1S/C33H52F3GeN2O3SSi/c1-21(2)27-15-13-16-28(22(3)4)31(27)38-25(9)19-26(20-44(10,11)12)39(37(38)42-43(40,41)33(34,35)36)32-29(23(5)6)17-14-18-30(32)24(7)8/h13-18,21-26H,19-20H2,1-12H3. The van der Waals surface area contributed by atoms with E-state index in [2.05, 4.69) is 78.9 Å². The van der Waals surface area contributed by atoms with E-state index in [1.807, 2.05) is 47.2 Å². The fraction of sp³-hybridized carbons (Fsp3) is 0.636. The monoisotopic (exact) mass is 715 g/mol. The number of alkyl halides is 3. The maximum absolute atomic E-state index is 14.2. The summed E-state index contributed by atoms with van der Waals surface area (Å²) in [7, 11) is -7.68. The van der Waals surface area contributed by atoms with Crippen molar-refractivity contribution in [3.05, 3.63) is 58.7 Å². The van der Waals surface area contributed by atoms with Crippen LogP contribution in [0.3, 0.4) is 0 Å². The molecule has 2 unspecified atom stereocenters. The minimum absolute atomic E-state index is 0.0666. The summed E-state index contributed by atoms with van der Waals surface area (Å²) < 4.78 is 78.7. The van der Waals surface area contributed by atoms with E-state index >= 15 is 0 Å². The first-order chi connectivity index (χ1) is 20.1. The van der Waals surface area contributed by atoms with Crippen LogP contribution in [0.25, 0.3) is 0 Å². The van der Waals surface area contributed by atoms with E-state index in [9.17, 15) is 21.6 Å². The van der Waals surface area contributed by atoms with Gasteiger partial charge >= 0.3 is 272 Å². The first-order valence-electron chi connectivity index (χ1n) is 15.8. The average molecular weight is 715 g/mol. The number of hydrogen-bond acceptors (Lipinski definition) is 5. The average Bonchev–Trinajstić information content (AvgIpc) is 2.86. The molecular weight excluding hydrogens is 662 g/mol. The molecule has 3 rings (SSSR count). The molecule has 1 fully saturated rings. The summed E-state index contributed by atoms with van der Waals surface area (Å²) in [6.07, 6.45) is 0.685. The van der Waals surface area contributed by atoms with Crippen molar-refractivity contribution in [2.75, 3.05) is 7.71 Å². The van der Waals surface area contributed by atoms with E-state index in [-0.39, 0.29) is 35.8 Å². The van der Waals surface area contributed by atoms with Crippen LogP contribution in [0, 0.1) is 0 Å². The van der Waals surface area contributed by atoms with Crippen LogP contribution in [0.1, 0.15) is 115 Å². The third-order valence-corrected chi connectivity index (χ3v) is 17.6. The van der Waals surface area contributed by atoms with E-state index in [1.165, 1.54) is 0 Å². The molecule has 2 aromatic carbocycles. The van der Waals surface area contributed by atoms with Crippen molar-refractivity contribution in [3.8, 4) is 0 Å². The molecule has 247 valence electrons. The molecule has 0 spiro atoms. The van der Waals surface area contributed by atoms with Gasteiger partial charge in [0, 0.05) is 0 Å². The number of hydrogen-bond donors (Lipinski definition) is 0. The normalized spacial score (nSPS) is 19.2. The van der Waals surface area contributed by atoms with Gasteiger partial charge in [-0.25, -0.2) is 0 Å². The van der Waals surface area contributed by atoms with Crippen LogP contribution in [0.4, 0.5) is 24.5 Å². The van der Waals surface area contributed by atoms with Crippen LogP contribution in [0.5, 0.6) is 0 Å². The third-order valence-electron chi connectivity index (χ3n) is 8.31. The van der Waals surface area contributed by atoms with E-state index in [1.54, 1.807) is 0 Å². The van der Waals surface area contributed by atoms with Gasteiger partial charge in [0.05, 0.1) is 0 Å². The number of rotatable bonds is 10. The number of halogens is 3. The summed E-state index contributed by atoms with van der Waals surface area (Å²) in [5.74, 6) is 0.266. The summed E-state index contributed by atoms with van der Waals surface area (Å²) in [4.78, 5) is 0. The molecule has 44 heavy (non-hydrogen) atoms. The van der Waals surface area contributed by atoms with Gasteiger partial charge in [0.1, 0.15) is 0 Å². The van der Waals surface area contributed by atoms with E-state index in [4.69, 9.17) is 3.21 Å². The SMILES string of the molecule is CC(C)c1cccc(C(C)C)c1[N]1C(C)CC(C[Si](C)(C)C)[N](c2c(C(C)C)cccc2C(C)C)[Ge]1[O]S(=O)(=O)C(F)(F)F. The molecule has 5 nitrogen and oxygen atoms in total. The Balaban J connectivity index is 2.54. The van der Waals surface area contributed by atoms with Gasteiger partial charge in [-0.15, -0.1) is 0 Å². The van der Waals surface area contributed by atoms with Gasteiger partial charge in [0.15, 0.2) is 0 Å². The number of nitrogens with zero attached hydrogens (tertiary/aromatic N) is 2. The molecule has 0 aromatic heterocycles. The van der Waals surface area contributed by atoms with Crippen LogP contribution in [0.15, 0.2) is 36.4 Å². The Labute approximate surface area is 270 Å². The summed E-state index contributed by atoms with van der Waals surface area (Å²) in [5, 5.41) is 0. The van der Waals surface area contributed by atoms with Crippen LogP contribution >= 0.6 is 0 Å². The van der Waals surface area contributed by atoms with Gasteiger partial charge in [0.2, 0.25) is 0 Å². The second kappa shape index (κ2) is 13.7. The molecule has 0 amide bonds. The minimum atomic E-state index is -5.90. The molecule has 1 heterocycles. The molecule has 0 aliphatic carbocycles. The van der Waals surface area contributed by atoms with E-state index in [0.717, 1.165) is 39.7 Å². The number of benzene rings is 2. The predicted molar refractivity (Wildman–Crippen MR) is 182 cm³/mol. The second-order valence-electron chi connectivity index (χ2n) is 14.7. The fourth-order valence-electron chi connectivity index (χ4n) is 6.35. The molecule has 2 aromatic rings. The molecule has 1 aliphatic heterocycles. The summed E-state index contributed by atoms with van der Waals surface area (Å²) in [5.41, 5.74) is 0.156. The molecule has 1 aliphatic rings. The Morgan fingerprint density at radius 1 is 0.795 bits per heavy atom. The van der Waals surface area contributed by atoms with Gasteiger partial charge < -0.3 is 0 Å². The number of para-hydroxylation sites is 2. The molecular formula is C33H52F3GeN2O3SSi. The second-order valence-corrected chi connectivity index (χ2v) is 26.0. The van der Waals surface area contributed by atoms with Crippen LogP contribution in [-0.4, -0.2) is 49.2 Å². The Bertz CT molecular complexity index is 1360. The number of anilines is 2. The van der Waals surface area contributed by atoms with Gasteiger partial charge in [-0.05, 0) is 0 Å². The van der Waals surface area contributed by atoms with Crippen LogP contribution in [-0.2, 0) is 13.3 Å². The van der Waals surface area contributed by atoms with Gasteiger partial charge in [-0.1, -0.05) is 0 Å². The van der Waals surface area contributed by atoms with Crippen molar-refractivity contribution in [2.45, 2.75) is 136 Å². The summed E-state index contributed by atoms with van der Waals surface area (Å²) in [6.45, 7) is 25.4. The Kier molecular flexibility index (Phi) is 11.5.